The molecule has 20 heavy (non-hydrogen) atoms. The van der Waals surface area contributed by atoms with Crippen LogP contribution >= 0.6 is 0 Å². The number of hydrogen-bond donors (Lipinski definition) is 1. The third-order valence-corrected chi connectivity index (χ3v) is 3.52. The van der Waals surface area contributed by atoms with E-state index >= 15 is 0 Å². The first kappa shape index (κ1) is 14.7. The predicted molar refractivity (Wildman–Crippen MR) is 81.3 cm³/mol. The van der Waals surface area contributed by atoms with Crippen LogP contribution in [-0.4, -0.2) is 20.6 Å². The van der Waals surface area contributed by atoms with Gasteiger partial charge in [-0.2, -0.15) is 0 Å². The number of hydrogen-bond acceptors (Lipinski definition) is 3. The Labute approximate surface area is 121 Å². The largest absolute Gasteiger partial charge is 0.336 e. The van der Waals surface area contributed by atoms with Gasteiger partial charge in [0.15, 0.2) is 0 Å². The molecule has 2 rings (SSSR count). The summed E-state index contributed by atoms with van der Waals surface area (Å²) < 4.78 is 2.12. The van der Waals surface area contributed by atoms with Gasteiger partial charge in [0.2, 0.25) is 0 Å². The molecule has 0 saturated heterocycles. The van der Waals surface area contributed by atoms with E-state index in [2.05, 4.69) is 52.8 Å². The first-order valence-corrected chi connectivity index (χ1v) is 7.06. The van der Waals surface area contributed by atoms with Crippen molar-refractivity contribution in [2.24, 2.45) is 5.41 Å². The van der Waals surface area contributed by atoms with Crippen molar-refractivity contribution in [3.8, 4) is 0 Å². The molecule has 2 heterocycles. The summed E-state index contributed by atoms with van der Waals surface area (Å²) in [7, 11) is 0. The van der Waals surface area contributed by atoms with Crippen LogP contribution in [0, 0.1) is 12.3 Å². The molecule has 2 aromatic heterocycles. The molecule has 4 heteroatoms. The second kappa shape index (κ2) is 6.18. The zero-order chi connectivity index (χ0) is 14.6. The van der Waals surface area contributed by atoms with Gasteiger partial charge >= 0.3 is 0 Å². The fourth-order valence-corrected chi connectivity index (χ4v) is 2.09. The molecular weight excluding hydrogens is 248 g/mol. The molecule has 0 aromatic carbocycles. The van der Waals surface area contributed by atoms with Crippen LogP contribution in [0.3, 0.4) is 0 Å². The smallest absolute Gasteiger partial charge is 0.0946 e. The summed E-state index contributed by atoms with van der Waals surface area (Å²) in [5, 5.41) is 3.65. The van der Waals surface area contributed by atoms with Crippen LogP contribution in [0.2, 0.25) is 0 Å². The number of aromatic nitrogens is 3. The Bertz CT molecular complexity index is 508. The SMILES string of the molecule is Cc1ccc(CNC(Cn2ccnc2)C(C)(C)C)cn1. The molecular formula is C16H24N4. The lowest BCUT2D eigenvalue weighted by Crippen LogP contribution is -2.43. The topological polar surface area (TPSA) is 42.7 Å². The number of aryl methyl sites for hydroxylation is 1. The van der Waals surface area contributed by atoms with Crippen molar-refractivity contribution in [3.63, 3.8) is 0 Å². The Morgan fingerprint density at radius 3 is 2.65 bits per heavy atom. The minimum Gasteiger partial charge on any atom is -0.336 e. The van der Waals surface area contributed by atoms with Crippen molar-refractivity contribution in [3.05, 3.63) is 48.3 Å². The molecule has 0 bridgehead atoms. The summed E-state index contributed by atoms with van der Waals surface area (Å²) in [4.78, 5) is 8.45. The van der Waals surface area contributed by atoms with Crippen LogP contribution in [0.5, 0.6) is 0 Å². The molecule has 4 nitrogen and oxygen atoms in total. The lowest BCUT2D eigenvalue weighted by Gasteiger charge is -2.32. The number of imidazole rings is 1. The Morgan fingerprint density at radius 1 is 1.30 bits per heavy atom. The van der Waals surface area contributed by atoms with Crippen LogP contribution < -0.4 is 5.32 Å². The normalized spacial score (nSPS) is 13.4. The van der Waals surface area contributed by atoms with Gasteiger partial charge in [0, 0.05) is 43.4 Å². The maximum atomic E-state index is 4.34. The van der Waals surface area contributed by atoms with E-state index in [9.17, 15) is 0 Å². The summed E-state index contributed by atoms with van der Waals surface area (Å²) in [5.74, 6) is 0. The van der Waals surface area contributed by atoms with Crippen molar-refractivity contribution in [1.82, 2.24) is 19.9 Å². The van der Waals surface area contributed by atoms with E-state index in [1.807, 2.05) is 31.8 Å². The molecule has 0 spiro atoms. The van der Waals surface area contributed by atoms with Crippen molar-refractivity contribution in [2.75, 3.05) is 0 Å². The fourth-order valence-electron chi connectivity index (χ4n) is 2.09. The summed E-state index contributed by atoms with van der Waals surface area (Å²) in [6.45, 7) is 10.5. The zero-order valence-electron chi connectivity index (χ0n) is 12.8. The minimum absolute atomic E-state index is 0.183. The average Bonchev–Trinajstić information content (AvgIpc) is 2.88. The maximum Gasteiger partial charge on any atom is 0.0946 e. The molecule has 0 aliphatic heterocycles. The Kier molecular flexibility index (Phi) is 4.55. The van der Waals surface area contributed by atoms with Gasteiger partial charge in [-0.25, -0.2) is 4.98 Å². The zero-order valence-corrected chi connectivity index (χ0v) is 12.8. The summed E-state index contributed by atoms with van der Waals surface area (Å²) >= 11 is 0. The van der Waals surface area contributed by atoms with E-state index in [1.54, 1.807) is 0 Å². The molecule has 108 valence electrons. The predicted octanol–water partition coefficient (Wildman–Crippen LogP) is 2.79. The highest BCUT2D eigenvalue weighted by atomic mass is 15.1. The van der Waals surface area contributed by atoms with Crippen molar-refractivity contribution < 1.29 is 0 Å². The molecule has 0 saturated carbocycles. The lowest BCUT2D eigenvalue weighted by atomic mass is 9.86. The molecule has 0 aliphatic carbocycles. The number of rotatable bonds is 5. The quantitative estimate of drug-likeness (QED) is 0.910. The molecule has 2 aromatic rings. The number of nitrogens with zero attached hydrogens (tertiary/aromatic N) is 3. The van der Waals surface area contributed by atoms with Crippen LogP contribution in [0.25, 0.3) is 0 Å². The number of nitrogens with one attached hydrogen (secondary N) is 1. The van der Waals surface area contributed by atoms with Gasteiger partial charge in [0.05, 0.1) is 6.33 Å². The van der Waals surface area contributed by atoms with Gasteiger partial charge in [0.1, 0.15) is 0 Å². The van der Waals surface area contributed by atoms with Gasteiger partial charge in [-0.3, -0.25) is 4.98 Å². The Hall–Kier alpha value is -1.68. The fraction of sp³-hybridized carbons (Fsp3) is 0.500. The first-order chi connectivity index (χ1) is 9.45. The Morgan fingerprint density at radius 2 is 2.10 bits per heavy atom. The van der Waals surface area contributed by atoms with Gasteiger partial charge in [-0.15, -0.1) is 0 Å². The third kappa shape index (κ3) is 4.17. The standard InChI is InChI=1S/C16H24N4/c1-13-5-6-14(9-18-13)10-19-15(16(2,3)4)11-20-8-7-17-12-20/h5-9,12,15,19H,10-11H2,1-4H3. The second-order valence-corrected chi connectivity index (χ2v) is 6.37. The maximum absolute atomic E-state index is 4.34. The molecule has 0 aliphatic rings. The number of pyridine rings is 1. The van der Waals surface area contributed by atoms with Gasteiger partial charge in [-0.1, -0.05) is 26.8 Å². The van der Waals surface area contributed by atoms with E-state index in [0.717, 1.165) is 18.8 Å². The monoisotopic (exact) mass is 272 g/mol. The summed E-state index contributed by atoms with van der Waals surface area (Å²) in [5.41, 5.74) is 2.46. The minimum atomic E-state index is 0.183. The first-order valence-electron chi connectivity index (χ1n) is 7.06. The van der Waals surface area contributed by atoms with Crippen molar-refractivity contribution in [2.45, 2.75) is 46.8 Å². The highest BCUT2D eigenvalue weighted by Gasteiger charge is 2.24. The van der Waals surface area contributed by atoms with Gasteiger partial charge < -0.3 is 9.88 Å². The molecule has 1 N–H and O–H groups in total. The summed E-state index contributed by atoms with van der Waals surface area (Å²) in [6, 6.07) is 4.56. The van der Waals surface area contributed by atoms with E-state index in [0.29, 0.717) is 6.04 Å². The van der Waals surface area contributed by atoms with Crippen molar-refractivity contribution >= 4 is 0 Å². The van der Waals surface area contributed by atoms with Crippen LogP contribution in [0.1, 0.15) is 32.0 Å². The Balaban J connectivity index is 1.99. The highest BCUT2D eigenvalue weighted by Crippen LogP contribution is 2.21. The molecule has 1 unspecified atom stereocenters. The van der Waals surface area contributed by atoms with E-state index in [4.69, 9.17) is 0 Å². The molecule has 0 amide bonds. The van der Waals surface area contributed by atoms with Crippen molar-refractivity contribution in [1.29, 1.82) is 0 Å². The van der Waals surface area contributed by atoms with E-state index in [1.165, 1.54) is 5.56 Å². The lowest BCUT2D eigenvalue weighted by molar-refractivity contribution is 0.240. The second-order valence-electron chi connectivity index (χ2n) is 6.37. The van der Waals surface area contributed by atoms with Crippen LogP contribution in [-0.2, 0) is 13.1 Å². The van der Waals surface area contributed by atoms with Crippen LogP contribution in [0.4, 0.5) is 0 Å². The van der Waals surface area contributed by atoms with Gasteiger partial charge in [-0.05, 0) is 24.0 Å². The van der Waals surface area contributed by atoms with E-state index < -0.39 is 0 Å². The van der Waals surface area contributed by atoms with Gasteiger partial charge in [0.25, 0.3) is 0 Å². The molecule has 0 radical (unpaired) electrons. The van der Waals surface area contributed by atoms with E-state index in [-0.39, 0.29) is 5.41 Å². The summed E-state index contributed by atoms with van der Waals surface area (Å²) in [6.07, 6.45) is 7.64. The average molecular weight is 272 g/mol. The van der Waals surface area contributed by atoms with Crippen LogP contribution in [0.15, 0.2) is 37.1 Å². The molecule has 0 fully saturated rings. The third-order valence-electron chi connectivity index (χ3n) is 3.52. The molecule has 1 atom stereocenters. The highest BCUT2D eigenvalue weighted by molar-refractivity contribution is 5.13.